The molecule has 0 spiro atoms. The van der Waals surface area contributed by atoms with Gasteiger partial charge in [-0.3, -0.25) is 4.79 Å². The third-order valence-electron chi connectivity index (χ3n) is 5.33. The number of pyridine rings is 1. The lowest BCUT2D eigenvalue weighted by Gasteiger charge is -2.30. The van der Waals surface area contributed by atoms with Gasteiger partial charge in [-0.2, -0.15) is 5.10 Å². The van der Waals surface area contributed by atoms with Gasteiger partial charge in [0.15, 0.2) is 5.82 Å². The van der Waals surface area contributed by atoms with Crippen molar-refractivity contribution in [3.05, 3.63) is 36.3 Å². The number of aromatic nitrogens is 4. The minimum atomic E-state index is -3.23. The first-order valence-electron chi connectivity index (χ1n) is 9.66. The summed E-state index contributed by atoms with van der Waals surface area (Å²) >= 11 is 0. The van der Waals surface area contributed by atoms with Crippen molar-refractivity contribution in [2.75, 3.05) is 32.2 Å². The van der Waals surface area contributed by atoms with Gasteiger partial charge in [-0.05, 0) is 25.0 Å². The number of sulfonamides is 1. The number of hydrogen-bond donors (Lipinski definition) is 2. The minimum Gasteiger partial charge on any atom is -0.481 e. The second-order valence-corrected chi connectivity index (χ2v) is 9.33. The van der Waals surface area contributed by atoms with E-state index in [1.54, 1.807) is 28.9 Å². The number of nitrogens with zero attached hydrogens (tertiary/aromatic N) is 5. The van der Waals surface area contributed by atoms with Crippen molar-refractivity contribution in [3.8, 4) is 17.1 Å². The Labute approximate surface area is 179 Å². The van der Waals surface area contributed by atoms with Gasteiger partial charge in [0.25, 0.3) is 5.91 Å². The predicted molar refractivity (Wildman–Crippen MR) is 114 cm³/mol. The number of carbonyl (C=O) groups is 1. The maximum absolute atomic E-state index is 13.1. The molecule has 3 aromatic rings. The van der Waals surface area contributed by atoms with Gasteiger partial charge in [-0.25, -0.2) is 27.2 Å². The van der Waals surface area contributed by atoms with Gasteiger partial charge in [0, 0.05) is 37.0 Å². The SMILES string of the molecule is COc1cc(-c2cc(C(=O)NC3CCN(S(C)(=O)=O)CC3)c3c(N)ncnn23)ccn1. The first-order chi connectivity index (χ1) is 14.8. The normalized spacial score (nSPS) is 15.8. The summed E-state index contributed by atoms with van der Waals surface area (Å²) in [5.41, 5.74) is 8.21. The number of amides is 1. The van der Waals surface area contributed by atoms with E-state index in [0.29, 0.717) is 48.6 Å². The summed E-state index contributed by atoms with van der Waals surface area (Å²) in [6, 6.07) is 5.08. The molecule has 0 atom stereocenters. The molecule has 1 fully saturated rings. The Morgan fingerprint density at radius 1 is 1.26 bits per heavy atom. The smallest absolute Gasteiger partial charge is 0.253 e. The number of carbonyl (C=O) groups excluding carboxylic acids is 1. The van der Waals surface area contributed by atoms with Crippen molar-refractivity contribution in [1.29, 1.82) is 0 Å². The van der Waals surface area contributed by atoms with Crippen LogP contribution in [0, 0.1) is 0 Å². The van der Waals surface area contributed by atoms with Crippen molar-refractivity contribution < 1.29 is 17.9 Å². The molecule has 164 valence electrons. The van der Waals surface area contributed by atoms with Crippen LogP contribution in [0.2, 0.25) is 0 Å². The number of rotatable bonds is 5. The summed E-state index contributed by atoms with van der Waals surface area (Å²) in [4.78, 5) is 21.3. The van der Waals surface area contributed by atoms with Crippen LogP contribution in [-0.2, 0) is 10.0 Å². The molecule has 12 heteroatoms. The summed E-state index contributed by atoms with van der Waals surface area (Å²) in [7, 11) is -1.70. The molecule has 1 saturated heterocycles. The fourth-order valence-corrected chi connectivity index (χ4v) is 4.60. The van der Waals surface area contributed by atoms with Crippen LogP contribution in [0.15, 0.2) is 30.7 Å². The lowest BCUT2D eigenvalue weighted by atomic mass is 10.1. The van der Waals surface area contributed by atoms with Crippen molar-refractivity contribution >= 4 is 27.3 Å². The molecule has 1 amide bonds. The Bertz CT molecular complexity index is 1230. The number of methoxy groups -OCH3 is 1. The number of nitrogen functional groups attached to an aromatic ring is 1. The molecule has 0 unspecified atom stereocenters. The fraction of sp³-hybridized carbons (Fsp3) is 0.368. The number of nitrogens with one attached hydrogen (secondary N) is 1. The van der Waals surface area contributed by atoms with Gasteiger partial charge in [0.2, 0.25) is 15.9 Å². The second kappa shape index (κ2) is 8.12. The first kappa shape index (κ1) is 21.0. The quantitative estimate of drug-likeness (QED) is 0.579. The van der Waals surface area contributed by atoms with Crippen LogP contribution in [-0.4, -0.2) is 70.7 Å². The summed E-state index contributed by atoms with van der Waals surface area (Å²) in [6.45, 7) is 0.737. The van der Waals surface area contributed by atoms with E-state index in [-0.39, 0.29) is 17.8 Å². The average molecular weight is 446 g/mol. The molecule has 3 aromatic heterocycles. The molecule has 11 nitrogen and oxygen atoms in total. The number of fused-ring (bicyclic) bond motifs is 1. The molecule has 4 heterocycles. The van der Waals surface area contributed by atoms with Crippen molar-refractivity contribution in [1.82, 2.24) is 29.2 Å². The van der Waals surface area contributed by atoms with E-state index in [9.17, 15) is 13.2 Å². The third-order valence-corrected chi connectivity index (χ3v) is 6.63. The van der Waals surface area contributed by atoms with Gasteiger partial charge >= 0.3 is 0 Å². The van der Waals surface area contributed by atoms with Gasteiger partial charge in [-0.15, -0.1) is 0 Å². The van der Waals surface area contributed by atoms with Gasteiger partial charge in [0.05, 0.1) is 24.6 Å². The van der Waals surface area contributed by atoms with E-state index in [1.807, 2.05) is 0 Å². The summed E-state index contributed by atoms with van der Waals surface area (Å²) in [6.07, 6.45) is 5.19. The fourth-order valence-electron chi connectivity index (χ4n) is 3.72. The highest BCUT2D eigenvalue weighted by Gasteiger charge is 2.27. The Hall–Kier alpha value is -3.25. The number of nitrogens with two attached hydrogens (primary N) is 1. The van der Waals surface area contributed by atoms with Crippen LogP contribution in [0.4, 0.5) is 5.82 Å². The minimum absolute atomic E-state index is 0.143. The second-order valence-electron chi connectivity index (χ2n) is 7.35. The molecule has 1 aliphatic heterocycles. The molecule has 0 aromatic carbocycles. The van der Waals surface area contributed by atoms with Crippen LogP contribution >= 0.6 is 0 Å². The van der Waals surface area contributed by atoms with Gasteiger partial charge in [-0.1, -0.05) is 0 Å². The zero-order valence-electron chi connectivity index (χ0n) is 17.1. The van der Waals surface area contributed by atoms with Crippen molar-refractivity contribution in [2.45, 2.75) is 18.9 Å². The highest BCUT2D eigenvalue weighted by molar-refractivity contribution is 7.88. The number of piperidine rings is 1. The van der Waals surface area contributed by atoms with Gasteiger partial charge < -0.3 is 15.8 Å². The van der Waals surface area contributed by atoms with E-state index < -0.39 is 10.0 Å². The van der Waals surface area contributed by atoms with Crippen LogP contribution in [0.5, 0.6) is 5.88 Å². The highest BCUT2D eigenvalue weighted by atomic mass is 32.2. The molecule has 3 N–H and O–H groups in total. The summed E-state index contributed by atoms with van der Waals surface area (Å²) in [5.74, 6) is 0.293. The zero-order chi connectivity index (χ0) is 22.2. The van der Waals surface area contributed by atoms with E-state index in [1.165, 1.54) is 24.0 Å². The molecule has 4 rings (SSSR count). The monoisotopic (exact) mass is 445 g/mol. The van der Waals surface area contributed by atoms with Crippen LogP contribution in [0.25, 0.3) is 16.8 Å². The van der Waals surface area contributed by atoms with Crippen molar-refractivity contribution in [3.63, 3.8) is 0 Å². The Balaban J connectivity index is 1.64. The van der Waals surface area contributed by atoms with E-state index in [0.717, 1.165) is 5.56 Å². The van der Waals surface area contributed by atoms with Crippen LogP contribution in [0.1, 0.15) is 23.2 Å². The van der Waals surface area contributed by atoms with Crippen LogP contribution < -0.4 is 15.8 Å². The molecule has 1 aliphatic rings. The molecule has 0 radical (unpaired) electrons. The highest BCUT2D eigenvalue weighted by Crippen LogP contribution is 2.29. The van der Waals surface area contributed by atoms with Crippen LogP contribution in [0.3, 0.4) is 0 Å². The Morgan fingerprint density at radius 3 is 2.68 bits per heavy atom. The topological polar surface area (TPSA) is 145 Å². The zero-order valence-corrected chi connectivity index (χ0v) is 18.0. The molecule has 0 bridgehead atoms. The van der Waals surface area contributed by atoms with E-state index in [4.69, 9.17) is 10.5 Å². The summed E-state index contributed by atoms with van der Waals surface area (Å²) in [5, 5.41) is 7.26. The lowest BCUT2D eigenvalue weighted by Crippen LogP contribution is -2.46. The standard InChI is InChI=1S/C19H23N7O4S/c1-30-16-9-12(3-6-21-16)15-10-14(17-18(20)22-11-23-26(15)17)19(27)24-13-4-7-25(8-5-13)31(2,28)29/h3,6,9-11,13H,4-5,7-8H2,1-2H3,(H,24,27)(H2,20,22,23). The number of hydrogen-bond acceptors (Lipinski definition) is 8. The molecule has 31 heavy (non-hydrogen) atoms. The Kier molecular flexibility index (Phi) is 5.50. The number of anilines is 1. The molecular formula is C19H23N7O4S. The maximum atomic E-state index is 13.1. The first-order valence-corrected chi connectivity index (χ1v) is 11.5. The lowest BCUT2D eigenvalue weighted by molar-refractivity contribution is 0.0925. The molecule has 0 aliphatic carbocycles. The average Bonchev–Trinajstić information content (AvgIpc) is 3.15. The van der Waals surface area contributed by atoms with Gasteiger partial charge in [0.1, 0.15) is 11.8 Å². The third kappa shape index (κ3) is 4.16. The van der Waals surface area contributed by atoms with E-state index in [2.05, 4.69) is 20.4 Å². The Morgan fingerprint density at radius 2 is 2.00 bits per heavy atom. The van der Waals surface area contributed by atoms with Crippen molar-refractivity contribution in [2.24, 2.45) is 0 Å². The summed E-state index contributed by atoms with van der Waals surface area (Å²) < 4.78 is 31.6. The largest absolute Gasteiger partial charge is 0.481 e. The maximum Gasteiger partial charge on any atom is 0.253 e. The van der Waals surface area contributed by atoms with E-state index >= 15 is 0 Å². The predicted octanol–water partition coefficient (Wildman–Crippen LogP) is 0.536. The molecular weight excluding hydrogens is 422 g/mol. The molecule has 0 saturated carbocycles. The number of ether oxygens (including phenoxy) is 1.